The van der Waals surface area contributed by atoms with Gasteiger partial charge in [-0.05, 0) is 33.1 Å². The minimum absolute atomic E-state index is 0.256. The zero-order valence-electron chi connectivity index (χ0n) is 12.7. The summed E-state index contributed by atoms with van der Waals surface area (Å²) in [4.78, 5) is 8.99. The molecule has 2 heterocycles. The summed E-state index contributed by atoms with van der Waals surface area (Å²) in [7, 11) is 4.14. The molecule has 0 radical (unpaired) electrons. The van der Waals surface area contributed by atoms with E-state index in [0.29, 0.717) is 12.6 Å². The van der Waals surface area contributed by atoms with E-state index in [9.17, 15) is 5.11 Å². The first-order chi connectivity index (χ1) is 9.61. The first kappa shape index (κ1) is 15.2. The van der Waals surface area contributed by atoms with Crippen LogP contribution in [-0.2, 0) is 6.54 Å². The molecule has 0 spiro atoms. The monoisotopic (exact) mass is 278 g/mol. The average Bonchev–Trinajstić information content (AvgIpc) is 2.76. The van der Waals surface area contributed by atoms with E-state index in [0.717, 1.165) is 31.9 Å². The van der Waals surface area contributed by atoms with E-state index in [-0.39, 0.29) is 6.10 Å². The summed E-state index contributed by atoms with van der Waals surface area (Å²) < 4.78 is 0. The van der Waals surface area contributed by atoms with Crippen molar-refractivity contribution in [3.8, 4) is 0 Å². The van der Waals surface area contributed by atoms with E-state index in [2.05, 4.69) is 47.2 Å². The number of β-amino-alcohol motifs (C(OH)–C–C–N with tert-alkyl or cyclic N) is 1. The fourth-order valence-corrected chi connectivity index (χ4v) is 2.83. The smallest absolute Gasteiger partial charge is 0.133 e. The Balaban J connectivity index is 2.19. The van der Waals surface area contributed by atoms with Crippen LogP contribution in [-0.4, -0.2) is 60.9 Å². The molecule has 1 aromatic heterocycles. The Bertz CT molecular complexity index is 424. The first-order valence-electron chi connectivity index (χ1n) is 7.35. The van der Waals surface area contributed by atoms with E-state index < -0.39 is 0 Å². The average molecular weight is 278 g/mol. The predicted octanol–water partition coefficient (Wildman–Crippen LogP) is 0.692. The molecule has 1 aliphatic rings. The Morgan fingerprint density at radius 2 is 2.30 bits per heavy atom. The number of nitrogens with one attached hydrogen (secondary N) is 1. The van der Waals surface area contributed by atoms with Crippen molar-refractivity contribution in [1.82, 2.24) is 15.2 Å². The second-order valence-electron chi connectivity index (χ2n) is 5.72. The molecule has 1 fully saturated rings. The fourth-order valence-electron chi connectivity index (χ4n) is 2.83. The largest absolute Gasteiger partial charge is 0.391 e. The predicted molar refractivity (Wildman–Crippen MR) is 81.9 cm³/mol. The lowest BCUT2D eigenvalue weighted by molar-refractivity contribution is 0.191. The molecule has 1 aromatic rings. The third kappa shape index (κ3) is 3.69. The fraction of sp³-hybridized carbons (Fsp3) is 0.667. The van der Waals surface area contributed by atoms with Crippen molar-refractivity contribution in [3.63, 3.8) is 0 Å². The molecule has 2 rings (SSSR count). The van der Waals surface area contributed by atoms with Gasteiger partial charge in [0.05, 0.1) is 6.10 Å². The van der Waals surface area contributed by atoms with Gasteiger partial charge in [-0.1, -0.05) is 13.0 Å². The summed E-state index contributed by atoms with van der Waals surface area (Å²) in [6.45, 7) is 5.48. The van der Waals surface area contributed by atoms with Crippen LogP contribution in [0.3, 0.4) is 0 Å². The normalized spacial score (nSPS) is 22.8. The number of hydrogen-bond acceptors (Lipinski definition) is 5. The first-order valence-corrected chi connectivity index (χ1v) is 7.35. The van der Waals surface area contributed by atoms with Gasteiger partial charge >= 0.3 is 0 Å². The third-order valence-corrected chi connectivity index (χ3v) is 3.67. The van der Waals surface area contributed by atoms with Gasteiger partial charge in [0.1, 0.15) is 5.82 Å². The van der Waals surface area contributed by atoms with Crippen molar-refractivity contribution in [2.75, 3.05) is 38.6 Å². The Morgan fingerprint density at radius 3 is 3.00 bits per heavy atom. The second-order valence-corrected chi connectivity index (χ2v) is 5.72. The van der Waals surface area contributed by atoms with Crippen LogP contribution in [0.2, 0.25) is 0 Å². The van der Waals surface area contributed by atoms with Crippen molar-refractivity contribution in [3.05, 3.63) is 23.9 Å². The number of hydrogen-bond donors (Lipinski definition) is 2. The lowest BCUT2D eigenvalue weighted by atomic mass is 10.1. The Labute approximate surface area is 121 Å². The molecular weight excluding hydrogens is 252 g/mol. The number of anilines is 1. The number of aliphatic hydroxyl groups is 1. The van der Waals surface area contributed by atoms with E-state index >= 15 is 0 Å². The molecule has 112 valence electrons. The van der Waals surface area contributed by atoms with Gasteiger partial charge in [-0.2, -0.15) is 0 Å². The van der Waals surface area contributed by atoms with E-state index in [1.807, 2.05) is 12.3 Å². The minimum Gasteiger partial charge on any atom is -0.391 e. The van der Waals surface area contributed by atoms with Crippen LogP contribution in [0.15, 0.2) is 18.3 Å². The van der Waals surface area contributed by atoms with Gasteiger partial charge in [0.2, 0.25) is 0 Å². The summed E-state index contributed by atoms with van der Waals surface area (Å²) in [6, 6.07) is 4.42. The van der Waals surface area contributed by atoms with Crippen molar-refractivity contribution < 1.29 is 5.11 Å². The molecule has 5 heteroatoms. The van der Waals surface area contributed by atoms with Gasteiger partial charge in [0.15, 0.2) is 0 Å². The highest BCUT2D eigenvalue weighted by Gasteiger charge is 2.32. The van der Waals surface area contributed by atoms with Gasteiger partial charge in [0, 0.05) is 37.4 Å². The number of aromatic nitrogens is 1. The Morgan fingerprint density at radius 1 is 1.50 bits per heavy atom. The van der Waals surface area contributed by atoms with Crippen molar-refractivity contribution >= 4 is 5.82 Å². The van der Waals surface area contributed by atoms with Crippen LogP contribution in [0.5, 0.6) is 0 Å². The molecule has 1 saturated heterocycles. The molecule has 0 saturated carbocycles. The van der Waals surface area contributed by atoms with Crippen LogP contribution in [0.4, 0.5) is 5.82 Å². The van der Waals surface area contributed by atoms with Gasteiger partial charge in [-0.15, -0.1) is 0 Å². The van der Waals surface area contributed by atoms with E-state index in [1.54, 1.807) is 0 Å². The second kappa shape index (κ2) is 7.02. The van der Waals surface area contributed by atoms with Crippen LogP contribution in [0, 0.1) is 0 Å². The molecule has 5 nitrogen and oxygen atoms in total. The van der Waals surface area contributed by atoms with Crippen molar-refractivity contribution in [2.24, 2.45) is 0 Å². The number of nitrogens with zero attached hydrogens (tertiary/aromatic N) is 3. The maximum Gasteiger partial charge on any atom is 0.133 e. The molecule has 2 N–H and O–H groups in total. The summed E-state index contributed by atoms with van der Waals surface area (Å²) in [5, 5.41) is 13.4. The molecule has 0 aliphatic carbocycles. The zero-order valence-corrected chi connectivity index (χ0v) is 12.7. The van der Waals surface area contributed by atoms with Gasteiger partial charge in [-0.25, -0.2) is 4.98 Å². The topological polar surface area (TPSA) is 51.6 Å². The van der Waals surface area contributed by atoms with E-state index in [1.165, 1.54) is 5.56 Å². The highest BCUT2D eigenvalue weighted by molar-refractivity contribution is 5.49. The maximum atomic E-state index is 10.0. The third-order valence-electron chi connectivity index (χ3n) is 3.67. The molecule has 1 aliphatic heterocycles. The summed E-state index contributed by atoms with van der Waals surface area (Å²) >= 11 is 0. The quantitative estimate of drug-likeness (QED) is 0.802. The van der Waals surface area contributed by atoms with Crippen LogP contribution < -0.4 is 10.2 Å². The molecule has 0 amide bonds. The Hall–Kier alpha value is -1.17. The number of rotatable bonds is 6. The van der Waals surface area contributed by atoms with E-state index in [4.69, 9.17) is 0 Å². The lowest BCUT2D eigenvalue weighted by Gasteiger charge is -2.29. The number of pyridine rings is 1. The molecule has 2 unspecified atom stereocenters. The van der Waals surface area contributed by atoms with Crippen LogP contribution >= 0.6 is 0 Å². The summed E-state index contributed by atoms with van der Waals surface area (Å²) in [6.07, 6.45) is 2.39. The highest BCUT2D eigenvalue weighted by Crippen LogP contribution is 2.27. The van der Waals surface area contributed by atoms with Crippen LogP contribution in [0.25, 0.3) is 0 Å². The summed E-state index contributed by atoms with van der Waals surface area (Å²) in [5.41, 5.74) is 1.20. The molecular formula is C15H26N4O. The number of aliphatic hydroxyl groups excluding tert-OH is 1. The standard InChI is InChI=1S/C15H26N4O/c1-4-16-9-12-6-5-7-17-15(12)19-11-14(20)8-13(19)10-18(2)3/h5-7,13-14,16,20H,4,8-11H2,1-3H3. The number of likely N-dealkylation sites (N-methyl/N-ethyl adjacent to an activating group) is 1. The van der Waals surface area contributed by atoms with Gasteiger partial charge in [0.25, 0.3) is 0 Å². The van der Waals surface area contributed by atoms with Gasteiger partial charge in [-0.3, -0.25) is 0 Å². The molecule has 2 atom stereocenters. The van der Waals surface area contributed by atoms with Crippen LogP contribution in [0.1, 0.15) is 18.9 Å². The molecule has 0 aromatic carbocycles. The molecule has 0 bridgehead atoms. The van der Waals surface area contributed by atoms with Crippen molar-refractivity contribution in [2.45, 2.75) is 32.0 Å². The SMILES string of the molecule is CCNCc1cccnc1N1CC(O)CC1CN(C)C. The minimum atomic E-state index is -0.256. The maximum absolute atomic E-state index is 10.0. The zero-order chi connectivity index (χ0) is 14.5. The summed E-state index contributed by atoms with van der Waals surface area (Å²) in [5.74, 6) is 1.01. The van der Waals surface area contributed by atoms with Crippen molar-refractivity contribution in [1.29, 1.82) is 0 Å². The molecule has 20 heavy (non-hydrogen) atoms. The highest BCUT2D eigenvalue weighted by atomic mass is 16.3. The Kier molecular flexibility index (Phi) is 5.34. The van der Waals surface area contributed by atoms with Gasteiger partial charge < -0.3 is 20.2 Å². The lowest BCUT2D eigenvalue weighted by Crippen LogP contribution is -2.38.